The Morgan fingerprint density at radius 2 is 2.17 bits per heavy atom. The number of amides is 1. The molecule has 0 saturated heterocycles. The Morgan fingerprint density at radius 3 is 2.78 bits per heavy atom. The SMILES string of the molecule is CCCC[C@H](NC(=O)c1cccc(-c2csc(C)n2)c1)C(=O)O. The van der Waals surface area contributed by atoms with Gasteiger partial charge in [-0.25, -0.2) is 9.78 Å². The van der Waals surface area contributed by atoms with E-state index in [2.05, 4.69) is 10.3 Å². The highest BCUT2D eigenvalue weighted by atomic mass is 32.1. The molecule has 0 aliphatic carbocycles. The number of carboxylic acids is 1. The molecule has 1 aromatic heterocycles. The fourth-order valence-corrected chi connectivity index (χ4v) is 2.85. The van der Waals surface area contributed by atoms with Gasteiger partial charge in [-0.05, 0) is 25.5 Å². The summed E-state index contributed by atoms with van der Waals surface area (Å²) in [7, 11) is 0. The maximum absolute atomic E-state index is 12.3. The number of aliphatic carboxylic acids is 1. The van der Waals surface area contributed by atoms with Crippen LogP contribution >= 0.6 is 11.3 Å². The molecule has 0 aliphatic heterocycles. The summed E-state index contributed by atoms with van der Waals surface area (Å²) in [5, 5.41) is 14.7. The molecule has 0 spiro atoms. The lowest BCUT2D eigenvalue weighted by Crippen LogP contribution is -2.40. The molecule has 0 fully saturated rings. The van der Waals surface area contributed by atoms with Crippen molar-refractivity contribution in [3.63, 3.8) is 0 Å². The number of carboxylic acid groups (broad SMARTS) is 1. The number of hydrogen-bond donors (Lipinski definition) is 2. The van der Waals surface area contributed by atoms with Crippen molar-refractivity contribution in [2.24, 2.45) is 0 Å². The van der Waals surface area contributed by atoms with E-state index in [1.54, 1.807) is 29.5 Å². The Bertz CT molecular complexity index is 697. The summed E-state index contributed by atoms with van der Waals surface area (Å²) in [6.07, 6.45) is 2.08. The van der Waals surface area contributed by atoms with E-state index in [4.69, 9.17) is 0 Å². The van der Waals surface area contributed by atoms with Gasteiger partial charge in [-0.3, -0.25) is 4.79 Å². The second-order valence-electron chi connectivity index (χ2n) is 5.34. The van der Waals surface area contributed by atoms with Crippen molar-refractivity contribution in [1.82, 2.24) is 10.3 Å². The van der Waals surface area contributed by atoms with E-state index in [-0.39, 0.29) is 5.91 Å². The molecule has 1 aromatic carbocycles. The zero-order chi connectivity index (χ0) is 16.8. The predicted molar refractivity (Wildman–Crippen MR) is 90.7 cm³/mol. The average Bonchev–Trinajstić information content (AvgIpc) is 2.97. The van der Waals surface area contributed by atoms with E-state index in [9.17, 15) is 14.7 Å². The Balaban J connectivity index is 2.14. The van der Waals surface area contributed by atoms with Crippen LogP contribution in [0.3, 0.4) is 0 Å². The lowest BCUT2D eigenvalue weighted by atomic mass is 10.1. The maximum atomic E-state index is 12.3. The largest absolute Gasteiger partial charge is 0.480 e. The molecule has 0 saturated carbocycles. The normalized spacial score (nSPS) is 11.9. The van der Waals surface area contributed by atoms with Crippen LogP contribution in [0.2, 0.25) is 0 Å². The fraction of sp³-hybridized carbons (Fsp3) is 0.353. The van der Waals surface area contributed by atoms with Gasteiger partial charge in [0.15, 0.2) is 0 Å². The number of carbonyl (C=O) groups excluding carboxylic acids is 1. The van der Waals surface area contributed by atoms with Crippen LogP contribution in [0.15, 0.2) is 29.6 Å². The maximum Gasteiger partial charge on any atom is 0.326 e. The van der Waals surface area contributed by atoms with Gasteiger partial charge in [0.05, 0.1) is 10.7 Å². The summed E-state index contributed by atoms with van der Waals surface area (Å²) in [5.74, 6) is -1.37. The summed E-state index contributed by atoms with van der Waals surface area (Å²) in [6.45, 7) is 3.91. The van der Waals surface area contributed by atoms with Crippen molar-refractivity contribution < 1.29 is 14.7 Å². The topological polar surface area (TPSA) is 79.3 Å². The molecule has 0 unspecified atom stereocenters. The van der Waals surface area contributed by atoms with Gasteiger partial charge < -0.3 is 10.4 Å². The van der Waals surface area contributed by atoms with Crippen LogP contribution in [0, 0.1) is 6.92 Å². The zero-order valence-corrected chi connectivity index (χ0v) is 14.0. The lowest BCUT2D eigenvalue weighted by Gasteiger charge is -2.14. The van der Waals surface area contributed by atoms with Crippen molar-refractivity contribution in [3.8, 4) is 11.3 Å². The molecule has 6 heteroatoms. The number of aromatic nitrogens is 1. The quantitative estimate of drug-likeness (QED) is 0.813. The van der Waals surface area contributed by atoms with Gasteiger partial charge in [0, 0.05) is 16.5 Å². The van der Waals surface area contributed by atoms with Crippen LogP contribution in [0.1, 0.15) is 41.6 Å². The minimum atomic E-state index is -1.00. The van der Waals surface area contributed by atoms with Crippen LogP contribution < -0.4 is 5.32 Å². The van der Waals surface area contributed by atoms with Crippen molar-refractivity contribution >= 4 is 23.2 Å². The third kappa shape index (κ3) is 4.63. The monoisotopic (exact) mass is 332 g/mol. The molecule has 1 atom stereocenters. The van der Waals surface area contributed by atoms with Crippen molar-refractivity contribution in [2.45, 2.75) is 39.2 Å². The molecule has 2 N–H and O–H groups in total. The third-order valence-corrected chi connectivity index (χ3v) is 4.26. The first-order valence-corrected chi connectivity index (χ1v) is 8.45. The standard InChI is InChI=1S/C17H20N2O3S/c1-3-4-8-14(17(21)22)19-16(20)13-7-5-6-12(9-13)15-10-23-11(2)18-15/h5-7,9-10,14H,3-4,8H2,1-2H3,(H,19,20)(H,21,22)/t14-/m0/s1. The molecule has 2 rings (SSSR count). The smallest absolute Gasteiger partial charge is 0.326 e. The molecule has 23 heavy (non-hydrogen) atoms. The average molecular weight is 332 g/mol. The molecule has 0 radical (unpaired) electrons. The lowest BCUT2D eigenvalue weighted by molar-refractivity contribution is -0.139. The van der Waals surface area contributed by atoms with E-state index in [0.29, 0.717) is 12.0 Å². The second-order valence-corrected chi connectivity index (χ2v) is 6.40. The predicted octanol–water partition coefficient (Wildman–Crippen LogP) is 3.49. The third-order valence-electron chi connectivity index (χ3n) is 3.49. The van der Waals surface area contributed by atoms with Crippen LogP contribution in [-0.4, -0.2) is 28.0 Å². The first kappa shape index (κ1) is 17.1. The van der Waals surface area contributed by atoms with Gasteiger partial charge >= 0.3 is 5.97 Å². The Kier molecular flexibility index (Phi) is 5.87. The summed E-state index contributed by atoms with van der Waals surface area (Å²) in [4.78, 5) is 28.0. The molecule has 122 valence electrons. The summed E-state index contributed by atoms with van der Waals surface area (Å²) >= 11 is 1.55. The molecule has 5 nitrogen and oxygen atoms in total. The first-order valence-electron chi connectivity index (χ1n) is 7.57. The van der Waals surface area contributed by atoms with E-state index in [1.165, 1.54) is 0 Å². The Labute approximate surface area is 139 Å². The molecular weight excluding hydrogens is 312 g/mol. The number of hydrogen-bond acceptors (Lipinski definition) is 4. The molecule has 1 amide bonds. The highest BCUT2D eigenvalue weighted by molar-refractivity contribution is 7.09. The van der Waals surface area contributed by atoms with Crippen LogP contribution in [0.5, 0.6) is 0 Å². The Morgan fingerprint density at radius 1 is 1.39 bits per heavy atom. The highest BCUT2D eigenvalue weighted by Crippen LogP contribution is 2.22. The molecule has 0 bridgehead atoms. The Hall–Kier alpha value is -2.21. The van der Waals surface area contributed by atoms with Crippen LogP contribution in [-0.2, 0) is 4.79 Å². The van der Waals surface area contributed by atoms with Gasteiger partial charge in [0.25, 0.3) is 5.91 Å². The van der Waals surface area contributed by atoms with E-state index in [0.717, 1.165) is 29.1 Å². The number of aryl methyl sites for hydroxylation is 1. The van der Waals surface area contributed by atoms with Crippen LogP contribution in [0.25, 0.3) is 11.3 Å². The fourth-order valence-electron chi connectivity index (χ4n) is 2.22. The molecule has 1 heterocycles. The van der Waals surface area contributed by atoms with Gasteiger partial charge in [0.2, 0.25) is 0 Å². The van der Waals surface area contributed by atoms with Crippen molar-refractivity contribution in [2.75, 3.05) is 0 Å². The number of thiazole rings is 1. The van der Waals surface area contributed by atoms with Crippen LogP contribution in [0.4, 0.5) is 0 Å². The zero-order valence-electron chi connectivity index (χ0n) is 13.2. The minimum Gasteiger partial charge on any atom is -0.480 e. The van der Waals surface area contributed by atoms with Crippen molar-refractivity contribution in [3.05, 3.63) is 40.2 Å². The van der Waals surface area contributed by atoms with Gasteiger partial charge in [-0.1, -0.05) is 31.9 Å². The summed E-state index contributed by atoms with van der Waals surface area (Å²) < 4.78 is 0. The number of carbonyl (C=O) groups is 2. The van der Waals surface area contributed by atoms with Crippen molar-refractivity contribution in [1.29, 1.82) is 0 Å². The van der Waals surface area contributed by atoms with E-state index in [1.807, 2.05) is 25.3 Å². The van der Waals surface area contributed by atoms with Gasteiger partial charge in [-0.15, -0.1) is 11.3 Å². The summed E-state index contributed by atoms with van der Waals surface area (Å²) in [5.41, 5.74) is 2.11. The number of rotatable bonds is 7. The number of benzene rings is 1. The first-order chi connectivity index (χ1) is 11.0. The highest BCUT2D eigenvalue weighted by Gasteiger charge is 2.20. The van der Waals surface area contributed by atoms with Gasteiger partial charge in [0.1, 0.15) is 6.04 Å². The molecular formula is C17H20N2O3S. The summed E-state index contributed by atoms with van der Waals surface area (Å²) in [6, 6.07) is 6.23. The minimum absolute atomic E-state index is 0.373. The van der Waals surface area contributed by atoms with E-state index < -0.39 is 12.0 Å². The molecule has 0 aliphatic rings. The number of nitrogens with zero attached hydrogens (tertiary/aromatic N) is 1. The molecule has 2 aromatic rings. The van der Waals surface area contributed by atoms with E-state index >= 15 is 0 Å². The number of unbranched alkanes of at least 4 members (excludes halogenated alkanes) is 1. The second kappa shape index (κ2) is 7.87. The number of nitrogens with one attached hydrogen (secondary N) is 1. The van der Waals surface area contributed by atoms with Gasteiger partial charge in [-0.2, -0.15) is 0 Å².